The second-order valence-electron chi connectivity index (χ2n) is 3.90. The van der Waals surface area contributed by atoms with Crippen LogP contribution in [0.5, 0.6) is 0 Å². The normalized spacial score (nSPS) is 12.6. The third-order valence-electron chi connectivity index (χ3n) is 2.52. The molecular weight excluding hydrogens is 222 g/mol. The van der Waals surface area contributed by atoms with Crippen molar-refractivity contribution in [3.8, 4) is 0 Å². The summed E-state index contributed by atoms with van der Waals surface area (Å²) in [4.78, 5) is 10.9. The number of aromatic nitrogens is 2. The number of carboxylic acids is 1. The lowest BCUT2D eigenvalue weighted by Crippen LogP contribution is -2.32. The molecule has 1 aromatic heterocycles. The van der Waals surface area contributed by atoms with Gasteiger partial charge in [-0.2, -0.15) is 5.10 Å². The molecule has 0 aliphatic carbocycles. The number of aromatic carboxylic acids is 1. The number of rotatable bonds is 8. The maximum Gasteiger partial charge on any atom is 0.354 e. The van der Waals surface area contributed by atoms with Crippen molar-refractivity contribution in [1.29, 1.82) is 0 Å². The molecule has 0 amide bonds. The molecule has 1 aromatic rings. The van der Waals surface area contributed by atoms with Crippen LogP contribution in [0.3, 0.4) is 0 Å². The molecule has 0 radical (unpaired) electrons. The summed E-state index contributed by atoms with van der Waals surface area (Å²) in [6, 6.07) is 0.238. The van der Waals surface area contributed by atoms with Crippen LogP contribution in [0.1, 0.15) is 35.8 Å². The van der Waals surface area contributed by atoms with E-state index in [0.717, 1.165) is 12.8 Å². The summed E-state index contributed by atoms with van der Waals surface area (Å²) >= 11 is 0. The van der Waals surface area contributed by atoms with E-state index in [4.69, 9.17) is 9.84 Å². The smallest absolute Gasteiger partial charge is 0.354 e. The van der Waals surface area contributed by atoms with Crippen LogP contribution in [0.2, 0.25) is 0 Å². The van der Waals surface area contributed by atoms with Gasteiger partial charge in [-0.15, -0.1) is 0 Å². The Morgan fingerprint density at radius 2 is 2.47 bits per heavy atom. The van der Waals surface area contributed by atoms with E-state index in [2.05, 4.69) is 22.4 Å². The Bertz CT molecular complexity index is 345. The molecule has 6 nitrogen and oxygen atoms in total. The van der Waals surface area contributed by atoms with Crippen molar-refractivity contribution in [2.24, 2.45) is 0 Å². The van der Waals surface area contributed by atoms with E-state index < -0.39 is 5.97 Å². The third-order valence-corrected chi connectivity index (χ3v) is 2.52. The van der Waals surface area contributed by atoms with Crippen molar-refractivity contribution in [2.45, 2.75) is 32.4 Å². The van der Waals surface area contributed by atoms with Gasteiger partial charge in [0.1, 0.15) is 5.69 Å². The first-order valence-electron chi connectivity index (χ1n) is 5.66. The highest BCUT2D eigenvalue weighted by molar-refractivity contribution is 5.86. The molecule has 0 saturated carbocycles. The van der Waals surface area contributed by atoms with Gasteiger partial charge in [-0.25, -0.2) is 4.79 Å². The van der Waals surface area contributed by atoms with E-state index in [1.54, 1.807) is 7.11 Å². The van der Waals surface area contributed by atoms with Gasteiger partial charge in [0.2, 0.25) is 0 Å². The molecule has 0 bridgehead atoms. The topological polar surface area (TPSA) is 87.2 Å². The van der Waals surface area contributed by atoms with E-state index in [9.17, 15) is 4.79 Å². The maximum atomic E-state index is 10.9. The van der Waals surface area contributed by atoms with Gasteiger partial charge in [0, 0.05) is 25.3 Å². The fourth-order valence-electron chi connectivity index (χ4n) is 1.68. The van der Waals surface area contributed by atoms with Gasteiger partial charge in [0.25, 0.3) is 0 Å². The fourth-order valence-corrected chi connectivity index (χ4v) is 1.68. The van der Waals surface area contributed by atoms with E-state index >= 15 is 0 Å². The van der Waals surface area contributed by atoms with Crippen LogP contribution in [0, 0.1) is 0 Å². The standard InChI is InChI=1S/C11H19N3O3/c1-3-4-9(7-17-2)12-5-8-6-13-14-10(8)11(15)16/h6,9,12H,3-5,7H2,1-2H3,(H,13,14)(H,15,16). The molecule has 0 spiro atoms. The number of carboxylic acid groups (broad SMARTS) is 1. The molecule has 3 N–H and O–H groups in total. The number of ether oxygens (including phenoxy) is 1. The number of hydrogen-bond donors (Lipinski definition) is 3. The predicted octanol–water partition coefficient (Wildman–Crippen LogP) is 1.01. The minimum Gasteiger partial charge on any atom is -0.477 e. The lowest BCUT2D eigenvalue weighted by molar-refractivity contribution is 0.0689. The first kappa shape index (κ1) is 13.7. The zero-order valence-corrected chi connectivity index (χ0v) is 10.2. The first-order chi connectivity index (χ1) is 8.19. The van der Waals surface area contributed by atoms with Crippen LogP contribution in [0.4, 0.5) is 0 Å². The number of nitrogens with one attached hydrogen (secondary N) is 2. The van der Waals surface area contributed by atoms with Gasteiger partial charge in [-0.1, -0.05) is 13.3 Å². The van der Waals surface area contributed by atoms with Crippen molar-refractivity contribution in [2.75, 3.05) is 13.7 Å². The maximum absolute atomic E-state index is 10.9. The number of carbonyl (C=O) groups is 1. The number of H-pyrrole nitrogens is 1. The Balaban J connectivity index is 2.52. The van der Waals surface area contributed by atoms with Crippen molar-refractivity contribution >= 4 is 5.97 Å². The van der Waals surface area contributed by atoms with Crippen molar-refractivity contribution in [1.82, 2.24) is 15.5 Å². The number of nitrogens with zero attached hydrogens (tertiary/aromatic N) is 1. The lowest BCUT2D eigenvalue weighted by atomic mass is 10.1. The van der Waals surface area contributed by atoms with Crippen molar-refractivity contribution in [3.05, 3.63) is 17.5 Å². The van der Waals surface area contributed by atoms with Gasteiger partial charge in [0.15, 0.2) is 0 Å². The van der Waals surface area contributed by atoms with Crippen molar-refractivity contribution in [3.63, 3.8) is 0 Å². The molecule has 1 unspecified atom stereocenters. The van der Waals surface area contributed by atoms with Crippen LogP contribution >= 0.6 is 0 Å². The summed E-state index contributed by atoms with van der Waals surface area (Å²) in [5.74, 6) is -0.988. The van der Waals surface area contributed by atoms with Gasteiger partial charge >= 0.3 is 5.97 Å². The molecule has 1 rings (SSSR count). The van der Waals surface area contributed by atoms with Gasteiger partial charge < -0.3 is 15.2 Å². The van der Waals surface area contributed by atoms with Gasteiger partial charge in [-0.3, -0.25) is 5.10 Å². The minimum atomic E-state index is -0.988. The van der Waals surface area contributed by atoms with E-state index in [-0.39, 0.29) is 11.7 Å². The van der Waals surface area contributed by atoms with Crippen LogP contribution < -0.4 is 5.32 Å². The highest BCUT2D eigenvalue weighted by Crippen LogP contribution is 2.06. The average Bonchev–Trinajstić information content (AvgIpc) is 2.74. The summed E-state index contributed by atoms with van der Waals surface area (Å²) in [6.07, 6.45) is 3.58. The van der Waals surface area contributed by atoms with Crippen LogP contribution in [-0.4, -0.2) is 41.0 Å². The van der Waals surface area contributed by atoms with Gasteiger partial charge in [-0.05, 0) is 6.42 Å². The summed E-state index contributed by atoms with van der Waals surface area (Å²) < 4.78 is 5.10. The third kappa shape index (κ3) is 4.16. The molecule has 0 aliphatic rings. The second kappa shape index (κ2) is 7.03. The van der Waals surface area contributed by atoms with Crippen LogP contribution in [0.15, 0.2) is 6.20 Å². The average molecular weight is 241 g/mol. The van der Waals surface area contributed by atoms with E-state index in [1.807, 2.05) is 0 Å². The number of aromatic amines is 1. The highest BCUT2D eigenvalue weighted by Gasteiger charge is 2.13. The molecule has 0 fully saturated rings. The molecule has 1 atom stereocenters. The number of hydrogen-bond acceptors (Lipinski definition) is 4. The van der Waals surface area contributed by atoms with Crippen LogP contribution in [-0.2, 0) is 11.3 Å². The molecule has 0 aromatic carbocycles. The lowest BCUT2D eigenvalue weighted by Gasteiger charge is -2.16. The summed E-state index contributed by atoms with van der Waals surface area (Å²) in [5, 5.41) is 18.4. The summed E-state index contributed by atoms with van der Waals surface area (Å²) in [7, 11) is 1.66. The zero-order chi connectivity index (χ0) is 12.7. The SMILES string of the molecule is CCCC(COC)NCc1cn[nH]c1C(=O)O. The molecule has 6 heteroatoms. The van der Waals surface area contributed by atoms with Crippen LogP contribution in [0.25, 0.3) is 0 Å². The monoisotopic (exact) mass is 241 g/mol. The largest absolute Gasteiger partial charge is 0.477 e. The Kier molecular flexibility index (Phi) is 5.65. The fraction of sp³-hybridized carbons (Fsp3) is 0.636. The number of methoxy groups -OCH3 is 1. The molecule has 17 heavy (non-hydrogen) atoms. The second-order valence-corrected chi connectivity index (χ2v) is 3.90. The van der Waals surface area contributed by atoms with E-state index in [0.29, 0.717) is 18.7 Å². The van der Waals surface area contributed by atoms with E-state index in [1.165, 1.54) is 6.20 Å². The highest BCUT2D eigenvalue weighted by atomic mass is 16.5. The Morgan fingerprint density at radius 1 is 1.71 bits per heavy atom. The van der Waals surface area contributed by atoms with Gasteiger partial charge in [0.05, 0.1) is 12.8 Å². The summed E-state index contributed by atoms with van der Waals surface area (Å²) in [5.41, 5.74) is 0.805. The Labute approximate surface area is 100 Å². The zero-order valence-electron chi connectivity index (χ0n) is 10.2. The first-order valence-corrected chi connectivity index (χ1v) is 5.66. The minimum absolute atomic E-state index is 0.144. The molecule has 1 heterocycles. The predicted molar refractivity (Wildman–Crippen MR) is 63.0 cm³/mol. The van der Waals surface area contributed by atoms with Crippen molar-refractivity contribution < 1.29 is 14.6 Å². The molecule has 96 valence electrons. The molecule has 0 saturated heterocycles. The Hall–Kier alpha value is -1.40. The molecular formula is C11H19N3O3. The quantitative estimate of drug-likeness (QED) is 0.632. The molecule has 0 aliphatic heterocycles. The summed E-state index contributed by atoms with van der Waals surface area (Å²) in [6.45, 7) is 3.20. The Morgan fingerprint density at radius 3 is 3.06 bits per heavy atom.